The standard InChI is InChI=1S/C22H20Cl2N4O2S/c1-13-19(31-21(26-13)14-4-2-6-25-11-14)22(30)28-7-3-5-15(12-28)20(29)27-18-9-16(23)8-17(24)10-18/h2,4,6,8-11,15H,3,5,7,12H2,1H3,(H,27,29). The van der Waals surface area contributed by atoms with E-state index in [1.807, 2.05) is 19.1 Å². The second kappa shape index (κ2) is 9.34. The number of hydrogen-bond donors (Lipinski definition) is 1. The molecule has 1 atom stereocenters. The molecule has 9 heteroatoms. The number of piperidine rings is 1. The number of rotatable bonds is 4. The van der Waals surface area contributed by atoms with E-state index < -0.39 is 0 Å². The van der Waals surface area contributed by atoms with Gasteiger partial charge in [0.15, 0.2) is 0 Å². The highest BCUT2D eigenvalue weighted by molar-refractivity contribution is 7.17. The summed E-state index contributed by atoms with van der Waals surface area (Å²) in [6, 6.07) is 8.67. The molecule has 2 aromatic heterocycles. The number of likely N-dealkylation sites (tertiary alicyclic amines) is 1. The number of hydrogen-bond acceptors (Lipinski definition) is 5. The summed E-state index contributed by atoms with van der Waals surface area (Å²) in [6.45, 7) is 2.81. The predicted molar refractivity (Wildman–Crippen MR) is 124 cm³/mol. The minimum absolute atomic E-state index is 0.0894. The molecule has 3 aromatic rings. The highest BCUT2D eigenvalue weighted by Crippen LogP contribution is 2.30. The summed E-state index contributed by atoms with van der Waals surface area (Å²) in [4.78, 5) is 37.0. The monoisotopic (exact) mass is 474 g/mol. The average Bonchev–Trinajstić information content (AvgIpc) is 3.15. The number of pyridine rings is 1. The quantitative estimate of drug-likeness (QED) is 0.555. The fourth-order valence-electron chi connectivity index (χ4n) is 3.60. The molecule has 1 unspecified atom stereocenters. The van der Waals surface area contributed by atoms with Crippen molar-refractivity contribution in [2.45, 2.75) is 19.8 Å². The number of carbonyl (C=O) groups excluding carboxylic acids is 2. The first kappa shape index (κ1) is 21.7. The van der Waals surface area contributed by atoms with Gasteiger partial charge in [0.25, 0.3) is 5.91 Å². The van der Waals surface area contributed by atoms with Gasteiger partial charge in [0.1, 0.15) is 9.88 Å². The van der Waals surface area contributed by atoms with Crippen LogP contribution >= 0.6 is 34.5 Å². The lowest BCUT2D eigenvalue weighted by Crippen LogP contribution is -2.43. The Hall–Kier alpha value is -2.48. The van der Waals surface area contributed by atoms with Crippen LogP contribution < -0.4 is 5.32 Å². The number of nitrogens with zero attached hydrogens (tertiary/aromatic N) is 3. The lowest BCUT2D eigenvalue weighted by Gasteiger charge is -2.31. The first-order valence-corrected chi connectivity index (χ1v) is 11.4. The predicted octanol–water partition coefficient (Wildman–Crippen LogP) is 5.31. The van der Waals surface area contributed by atoms with Crippen molar-refractivity contribution >= 4 is 52.0 Å². The summed E-state index contributed by atoms with van der Waals surface area (Å²) in [5, 5.41) is 4.53. The Balaban J connectivity index is 1.46. The Bertz CT molecular complexity index is 1100. The van der Waals surface area contributed by atoms with E-state index in [0.29, 0.717) is 45.8 Å². The molecular weight excluding hydrogens is 455 g/mol. The number of carbonyl (C=O) groups is 2. The van der Waals surface area contributed by atoms with Gasteiger partial charge >= 0.3 is 0 Å². The van der Waals surface area contributed by atoms with Gasteiger partial charge in [-0.05, 0) is 50.1 Å². The van der Waals surface area contributed by atoms with Crippen molar-refractivity contribution < 1.29 is 9.59 Å². The van der Waals surface area contributed by atoms with Gasteiger partial charge in [-0.15, -0.1) is 11.3 Å². The van der Waals surface area contributed by atoms with Crippen LogP contribution in [0.15, 0.2) is 42.7 Å². The minimum Gasteiger partial charge on any atom is -0.337 e. The zero-order valence-corrected chi connectivity index (χ0v) is 19.1. The van der Waals surface area contributed by atoms with Gasteiger partial charge in [-0.25, -0.2) is 4.98 Å². The molecule has 1 aliphatic heterocycles. The lowest BCUT2D eigenvalue weighted by atomic mass is 9.96. The molecule has 1 aromatic carbocycles. The lowest BCUT2D eigenvalue weighted by molar-refractivity contribution is -0.121. The molecular formula is C22H20Cl2N4O2S. The molecule has 1 fully saturated rings. The molecule has 3 heterocycles. The maximum atomic E-state index is 13.2. The minimum atomic E-state index is -0.304. The molecule has 0 spiro atoms. The van der Waals surface area contributed by atoms with E-state index in [4.69, 9.17) is 23.2 Å². The van der Waals surface area contributed by atoms with Gasteiger partial charge in [0.05, 0.1) is 11.6 Å². The smallest absolute Gasteiger partial charge is 0.265 e. The highest BCUT2D eigenvalue weighted by Gasteiger charge is 2.31. The molecule has 1 aliphatic rings. The van der Waals surface area contributed by atoms with Crippen LogP contribution in [0.25, 0.3) is 10.6 Å². The van der Waals surface area contributed by atoms with Gasteiger partial charge in [-0.1, -0.05) is 23.2 Å². The number of benzene rings is 1. The molecule has 2 amide bonds. The number of amides is 2. The molecule has 0 bridgehead atoms. The van der Waals surface area contributed by atoms with E-state index >= 15 is 0 Å². The van der Waals surface area contributed by atoms with Crippen LogP contribution in [-0.2, 0) is 4.79 Å². The molecule has 0 aliphatic carbocycles. The highest BCUT2D eigenvalue weighted by atomic mass is 35.5. The van der Waals surface area contributed by atoms with E-state index in [-0.39, 0.29) is 17.7 Å². The van der Waals surface area contributed by atoms with Crippen molar-refractivity contribution in [1.82, 2.24) is 14.9 Å². The third-order valence-electron chi connectivity index (χ3n) is 5.11. The van der Waals surface area contributed by atoms with Crippen LogP contribution in [-0.4, -0.2) is 39.8 Å². The molecule has 0 saturated carbocycles. The Kier molecular flexibility index (Phi) is 6.55. The van der Waals surface area contributed by atoms with Crippen molar-refractivity contribution in [2.75, 3.05) is 18.4 Å². The molecule has 1 saturated heterocycles. The zero-order valence-electron chi connectivity index (χ0n) is 16.8. The number of anilines is 1. The van der Waals surface area contributed by atoms with Crippen molar-refractivity contribution in [3.63, 3.8) is 0 Å². The van der Waals surface area contributed by atoms with Crippen LogP contribution in [0.5, 0.6) is 0 Å². The fraction of sp³-hybridized carbons (Fsp3) is 0.273. The second-order valence-corrected chi connectivity index (χ2v) is 9.28. The first-order chi connectivity index (χ1) is 14.9. The van der Waals surface area contributed by atoms with E-state index in [2.05, 4.69) is 15.3 Å². The summed E-state index contributed by atoms with van der Waals surface area (Å²) in [5.74, 6) is -0.539. The summed E-state index contributed by atoms with van der Waals surface area (Å²) in [5.41, 5.74) is 2.12. The largest absolute Gasteiger partial charge is 0.337 e. The molecule has 6 nitrogen and oxygen atoms in total. The molecule has 0 radical (unpaired) electrons. The maximum Gasteiger partial charge on any atom is 0.265 e. The van der Waals surface area contributed by atoms with E-state index in [0.717, 1.165) is 17.0 Å². The van der Waals surface area contributed by atoms with Gasteiger partial charge in [-0.3, -0.25) is 14.6 Å². The zero-order chi connectivity index (χ0) is 22.0. The number of aryl methyl sites for hydroxylation is 1. The number of nitrogens with one attached hydrogen (secondary N) is 1. The second-order valence-electron chi connectivity index (χ2n) is 7.41. The van der Waals surface area contributed by atoms with Gasteiger partial charge < -0.3 is 10.2 Å². The molecule has 1 N–H and O–H groups in total. The SMILES string of the molecule is Cc1nc(-c2cccnc2)sc1C(=O)N1CCCC(C(=O)Nc2cc(Cl)cc(Cl)c2)C1. The van der Waals surface area contributed by atoms with Gasteiger partial charge in [-0.2, -0.15) is 0 Å². The van der Waals surface area contributed by atoms with Crippen molar-refractivity contribution in [2.24, 2.45) is 5.92 Å². The van der Waals surface area contributed by atoms with Crippen LogP contribution in [0, 0.1) is 12.8 Å². The fourth-order valence-corrected chi connectivity index (χ4v) is 5.15. The van der Waals surface area contributed by atoms with Crippen LogP contribution in [0.3, 0.4) is 0 Å². The molecule has 160 valence electrons. The third kappa shape index (κ3) is 5.06. The normalized spacial score (nSPS) is 16.2. The summed E-state index contributed by atoms with van der Waals surface area (Å²) in [7, 11) is 0. The van der Waals surface area contributed by atoms with Gasteiger partial charge in [0.2, 0.25) is 5.91 Å². The third-order valence-corrected chi connectivity index (χ3v) is 6.74. The number of halogens is 2. The Morgan fingerprint density at radius 2 is 2.00 bits per heavy atom. The van der Waals surface area contributed by atoms with E-state index in [9.17, 15) is 9.59 Å². The number of thiazole rings is 1. The Morgan fingerprint density at radius 3 is 2.71 bits per heavy atom. The molecule has 31 heavy (non-hydrogen) atoms. The Morgan fingerprint density at radius 1 is 1.23 bits per heavy atom. The summed E-state index contributed by atoms with van der Waals surface area (Å²) >= 11 is 13.4. The van der Waals surface area contributed by atoms with Crippen LogP contribution in [0.2, 0.25) is 10.0 Å². The topological polar surface area (TPSA) is 75.2 Å². The van der Waals surface area contributed by atoms with Crippen molar-refractivity contribution in [3.8, 4) is 10.6 Å². The first-order valence-electron chi connectivity index (χ1n) is 9.85. The summed E-state index contributed by atoms with van der Waals surface area (Å²) in [6.07, 6.45) is 4.90. The van der Waals surface area contributed by atoms with E-state index in [1.165, 1.54) is 11.3 Å². The molecule has 4 rings (SSSR count). The maximum absolute atomic E-state index is 13.2. The Labute approximate surface area is 194 Å². The van der Waals surface area contributed by atoms with Crippen molar-refractivity contribution in [3.05, 3.63) is 63.3 Å². The van der Waals surface area contributed by atoms with E-state index in [1.54, 1.807) is 35.5 Å². The van der Waals surface area contributed by atoms with Crippen molar-refractivity contribution in [1.29, 1.82) is 0 Å². The number of aromatic nitrogens is 2. The van der Waals surface area contributed by atoms with Crippen LogP contribution in [0.1, 0.15) is 28.2 Å². The van der Waals surface area contributed by atoms with Crippen LogP contribution in [0.4, 0.5) is 5.69 Å². The summed E-state index contributed by atoms with van der Waals surface area (Å²) < 4.78 is 0. The average molecular weight is 475 g/mol. The van der Waals surface area contributed by atoms with Gasteiger partial charge in [0, 0.05) is 46.8 Å².